The molecule has 0 atom stereocenters. The van der Waals surface area contributed by atoms with Crippen LogP contribution in [0, 0.1) is 15.2 Å². The van der Waals surface area contributed by atoms with Crippen LogP contribution in [0.5, 0.6) is 5.88 Å². The topological polar surface area (TPSA) is 124 Å². The number of rotatable bonds is 9. The summed E-state index contributed by atoms with van der Waals surface area (Å²) in [6, 6.07) is 2.22. The summed E-state index contributed by atoms with van der Waals surface area (Å²) in [5.41, 5.74) is 5.19. The normalized spacial score (nSPS) is 10.7. The molecule has 3 aromatic rings. The molecule has 2 heterocycles. The van der Waals surface area contributed by atoms with Crippen molar-refractivity contribution in [2.75, 3.05) is 11.9 Å². The summed E-state index contributed by atoms with van der Waals surface area (Å²) in [6.07, 6.45) is 5.82. The first-order valence-electron chi connectivity index (χ1n) is 8.92. The van der Waals surface area contributed by atoms with Crippen LogP contribution < -0.4 is 21.1 Å². The molecule has 9 nitrogen and oxygen atoms in total. The number of aromatic nitrogens is 3. The molecule has 31 heavy (non-hydrogen) atoms. The van der Waals surface area contributed by atoms with Gasteiger partial charge in [-0.2, -0.15) is 4.37 Å². The minimum absolute atomic E-state index is 0.0496. The van der Waals surface area contributed by atoms with Crippen LogP contribution in [0.25, 0.3) is 0 Å². The van der Waals surface area contributed by atoms with Crippen LogP contribution in [0.2, 0.25) is 0 Å². The Morgan fingerprint density at radius 1 is 1.29 bits per heavy atom. The first kappa shape index (κ1) is 22.9. The highest BCUT2D eigenvalue weighted by Gasteiger charge is 2.22. The first-order chi connectivity index (χ1) is 14.9. The fraction of sp³-hybridized carbons (Fsp3) is 0.222. The fourth-order valence-corrected chi connectivity index (χ4v) is 3.68. The SMILES string of the molecule is NC(=O)c1c(OCc2ccc(I)c(F)c2F)nsc1NC(=O)NCCCn1ccnc1. The molecular weight excluding hydrogens is 545 g/mol. The van der Waals surface area contributed by atoms with Gasteiger partial charge in [-0.15, -0.1) is 0 Å². The predicted octanol–water partition coefficient (Wildman–Crippen LogP) is 3.11. The molecule has 2 aromatic heterocycles. The number of benzene rings is 1. The van der Waals surface area contributed by atoms with E-state index in [0.717, 1.165) is 11.5 Å². The number of nitrogens with one attached hydrogen (secondary N) is 2. The monoisotopic (exact) mass is 562 g/mol. The maximum Gasteiger partial charge on any atom is 0.319 e. The Morgan fingerprint density at radius 2 is 2.10 bits per heavy atom. The van der Waals surface area contributed by atoms with Crippen molar-refractivity contribution in [1.82, 2.24) is 19.2 Å². The minimum Gasteiger partial charge on any atom is -0.471 e. The number of imidazole rings is 1. The average Bonchev–Trinajstić information content (AvgIpc) is 3.39. The molecule has 0 saturated carbocycles. The summed E-state index contributed by atoms with van der Waals surface area (Å²) in [5, 5.41) is 5.25. The maximum atomic E-state index is 14.0. The summed E-state index contributed by atoms with van der Waals surface area (Å²) in [4.78, 5) is 27.9. The molecule has 0 spiro atoms. The van der Waals surface area contributed by atoms with Crippen molar-refractivity contribution < 1.29 is 23.1 Å². The van der Waals surface area contributed by atoms with Crippen molar-refractivity contribution >= 4 is 51.1 Å². The molecule has 0 unspecified atom stereocenters. The Kier molecular flexibility index (Phi) is 7.73. The third-order valence-electron chi connectivity index (χ3n) is 4.05. The van der Waals surface area contributed by atoms with E-state index < -0.39 is 23.6 Å². The van der Waals surface area contributed by atoms with Crippen LogP contribution in [0.1, 0.15) is 22.3 Å². The number of hydrogen-bond donors (Lipinski definition) is 3. The van der Waals surface area contributed by atoms with Crippen LogP contribution in [0.4, 0.5) is 18.6 Å². The third kappa shape index (κ3) is 5.88. The number of ether oxygens (including phenoxy) is 1. The van der Waals surface area contributed by atoms with Crippen LogP contribution in [0.3, 0.4) is 0 Å². The Balaban J connectivity index is 1.59. The standard InChI is InChI=1S/C18H17F2IN6O3S/c19-13-10(2-3-11(21)14(13)20)8-30-16-12(15(22)28)17(31-26-16)25-18(29)24-4-1-6-27-7-5-23-9-27/h2-3,5,7,9H,1,4,6,8H2,(H2,22,28)(H2,24,25,29). The van der Waals surface area contributed by atoms with Crippen molar-refractivity contribution in [2.24, 2.45) is 5.73 Å². The van der Waals surface area contributed by atoms with Crippen LogP contribution in [0.15, 0.2) is 30.9 Å². The molecule has 4 N–H and O–H groups in total. The second kappa shape index (κ2) is 10.5. The van der Waals surface area contributed by atoms with Crippen molar-refractivity contribution in [1.29, 1.82) is 0 Å². The highest BCUT2D eigenvalue weighted by atomic mass is 127. The lowest BCUT2D eigenvalue weighted by molar-refractivity contribution is 0.0996. The summed E-state index contributed by atoms with van der Waals surface area (Å²) in [7, 11) is 0. The van der Waals surface area contributed by atoms with Gasteiger partial charge in [0.2, 0.25) is 5.88 Å². The minimum atomic E-state index is -1.05. The Hall–Kier alpha value is -2.81. The molecule has 0 fully saturated rings. The first-order valence-corrected chi connectivity index (χ1v) is 10.8. The summed E-state index contributed by atoms with van der Waals surface area (Å²) < 4.78 is 39.0. The zero-order valence-corrected chi connectivity index (χ0v) is 18.9. The lowest BCUT2D eigenvalue weighted by Crippen LogP contribution is -2.30. The van der Waals surface area contributed by atoms with E-state index in [1.165, 1.54) is 12.1 Å². The Bertz CT molecular complexity index is 1080. The van der Waals surface area contributed by atoms with Gasteiger partial charge in [0.25, 0.3) is 5.91 Å². The van der Waals surface area contributed by atoms with Gasteiger partial charge < -0.3 is 20.4 Å². The van der Waals surface area contributed by atoms with E-state index in [1.54, 1.807) is 35.1 Å². The molecule has 3 amide bonds. The van der Waals surface area contributed by atoms with Crippen LogP contribution in [-0.2, 0) is 13.2 Å². The maximum absolute atomic E-state index is 14.0. The smallest absolute Gasteiger partial charge is 0.319 e. The van der Waals surface area contributed by atoms with Gasteiger partial charge >= 0.3 is 6.03 Å². The van der Waals surface area contributed by atoms with Gasteiger partial charge in [-0.05, 0) is 46.6 Å². The van der Waals surface area contributed by atoms with Gasteiger partial charge in [-0.25, -0.2) is 18.6 Å². The van der Waals surface area contributed by atoms with Gasteiger partial charge in [0.05, 0.1) is 9.90 Å². The molecular formula is C18H17F2IN6O3S. The number of aryl methyl sites for hydroxylation is 1. The Labute approximate surface area is 193 Å². The van der Waals surface area contributed by atoms with Crippen LogP contribution in [-0.4, -0.2) is 32.4 Å². The van der Waals surface area contributed by atoms with E-state index in [0.29, 0.717) is 19.5 Å². The zero-order valence-electron chi connectivity index (χ0n) is 15.9. The number of amides is 3. The number of primary amides is 1. The van der Waals surface area contributed by atoms with Gasteiger partial charge in [0, 0.05) is 31.0 Å². The number of anilines is 1. The number of carbonyl (C=O) groups is 2. The highest BCUT2D eigenvalue weighted by Crippen LogP contribution is 2.31. The molecule has 0 aliphatic rings. The molecule has 0 radical (unpaired) electrons. The van der Waals surface area contributed by atoms with Crippen molar-refractivity contribution in [3.63, 3.8) is 0 Å². The molecule has 0 aliphatic carbocycles. The Morgan fingerprint density at radius 3 is 2.81 bits per heavy atom. The molecule has 13 heteroatoms. The third-order valence-corrected chi connectivity index (χ3v) is 5.63. The van der Waals surface area contributed by atoms with E-state index in [4.69, 9.17) is 10.5 Å². The number of hydrogen-bond acceptors (Lipinski definition) is 6. The molecule has 164 valence electrons. The number of halogens is 3. The highest BCUT2D eigenvalue weighted by molar-refractivity contribution is 14.1. The number of urea groups is 1. The molecule has 0 bridgehead atoms. The van der Waals surface area contributed by atoms with E-state index in [1.807, 2.05) is 10.8 Å². The van der Waals surface area contributed by atoms with Gasteiger partial charge in [0.1, 0.15) is 17.2 Å². The quantitative estimate of drug-likeness (QED) is 0.210. The lowest BCUT2D eigenvalue weighted by Gasteiger charge is -2.09. The average molecular weight is 562 g/mol. The van der Waals surface area contributed by atoms with Crippen molar-refractivity contribution in [3.05, 3.63) is 57.2 Å². The van der Waals surface area contributed by atoms with Gasteiger partial charge in [-0.1, -0.05) is 6.07 Å². The van der Waals surface area contributed by atoms with E-state index in [9.17, 15) is 18.4 Å². The second-order valence-corrected chi connectivity index (χ2v) is 8.15. The van der Waals surface area contributed by atoms with Crippen molar-refractivity contribution in [3.8, 4) is 5.88 Å². The number of carbonyl (C=O) groups excluding carboxylic acids is 2. The number of nitrogens with two attached hydrogens (primary N) is 1. The second-order valence-electron chi connectivity index (χ2n) is 6.21. The zero-order chi connectivity index (χ0) is 22.4. The predicted molar refractivity (Wildman–Crippen MR) is 118 cm³/mol. The molecule has 0 saturated heterocycles. The molecule has 1 aromatic carbocycles. The summed E-state index contributed by atoms with van der Waals surface area (Å²) in [5.74, 6) is -3.09. The van der Waals surface area contributed by atoms with Gasteiger partial charge in [0.15, 0.2) is 11.6 Å². The fourth-order valence-electron chi connectivity index (χ4n) is 2.53. The summed E-state index contributed by atoms with van der Waals surface area (Å²) >= 11 is 2.46. The van der Waals surface area contributed by atoms with E-state index in [-0.39, 0.29) is 32.2 Å². The van der Waals surface area contributed by atoms with Gasteiger partial charge in [-0.3, -0.25) is 10.1 Å². The largest absolute Gasteiger partial charge is 0.471 e. The number of nitrogens with zero attached hydrogens (tertiary/aromatic N) is 3. The molecule has 3 rings (SSSR count). The van der Waals surface area contributed by atoms with Crippen LogP contribution >= 0.6 is 34.1 Å². The summed E-state index contributed by atoms with van der Waals surface area (Å²) in [6.45, 7) is 0.695. The van der Waals surface area contributed by atoms with E-state index >= 15 is 0 Å². The lowest BCUT2D eigenvalue weighted by atomic mass is 10.2. The van der Waals surface area contributed by atoms with Crippen molar-refractivity contribution in [2.45, 2.75) is 19.6 Å². The van der Waals surface area contributed by atoms with E-state index in [2.05, 4.69) is 20.0 Å². The molecule has 0 aliphatic heterocycles.